The minimum atomic E-state index is -0.660. The summed E-state index contributed by atoms with van der Waals surface area (Å²) < 4.78 is 3.83. The summed E-state index contributed by atoms with van der Waals surface area (Å²) in [6.45, 7) is 6.23. The van der Waals surface area contributed by atoms with Crippen LogP contribution in [0, 0.1) is 5.41 Å². The van der Waals surface area contributed by atoms with Crippen LogP contribution in [0.3, 0.4) is 0 Å². The van der Waals surface area contributed by atoms with Crippen LogP contribution in [-0.2, 0) is 0 Å². The topological polar surface area (TPSA) is 99.0 Å². The molecule has 0 radical (unpaired) electrons. The summed E-state index contributed by atoms with van der Waals surface area (Å²) in [5.41, 5.74) is 8.29. The molecule has 1 aromatic carbocycles. The van der Waals surface area contributed by atoms with Gasteiger partial charge in [0, 0.05) is 29.4 Å². The van der Waals surface area contributed by atoms with E-state index in [2.05, 4.69) is 18.8 Å². The molecule has 2 aliphatic carbocycles. The van der Waals surface area contributed by atoms with Crippen LogP contribution in [0.1, 0.15) is 52.1 Å². The zero-order chi connectivity index (χ0) is 22.4. The van der Waals surface area contributed by atoms with Gasteiger partial charge in [-0.05, 0) is 55.2 Å². The van der Waals surface area contributed by atoms with Crippen molar-refractivity contribution in [3.8, 4) is 11.3 Å². The van der Waals surface area contributed by atoms with E-state index >= 15 is 0 Å². The maximum absolute atomic E-state index is 13.3. The molecule has 0 saturated heterocycles. The number of hydrogen-bond donors (Lipinski definition) is 2. The third-order valence-corrected chi connectivity index (χ3v) is 7.35. The van der Waals surface area contributed by atoms with E-state index in [1.165, 1.54) is 0 Å². The number of nitrogens with zero attached hydrogens (tertiary/aromatic N) is 4. The predicted octanol–water partition coefficient (Wildman–Crippen LogP) is 4.05. The van der Waals surface area contributed by atoms with Crippen LogP contribution in [-0.4, -0.2) is 30.0 Å². The van der Waals surface area contributed by atoms with Gasteiger partial charge in [0.1, 0.15) is 11.5 Å². The van der Waals surface area contributed by atoms with Crippen molar-refractivity contribution >= 4 is 27.5 Å². The molecule has 0 amide bonds. The molecular weight excluding hydrogens is 402 g/mol. The quantitative estimate of drug-likeness (QED) is 0.512. The Kier molecular flexibility index (Phi) is 3.77. The molecule has 3 N–H and O–H groups in total. The standard InChI is InChI=1S/C25H27N5O2/c1-24(2)13-19(24)29-9-7-14-4-5-15(10-17(14)23(29)31)21-20-18(6-8-27-22(20)26)30(28-21)16-11-25(3,32)12-16/h4-10,16,19,32H,11-13H2,1-3H3,(H2,26,27)/t16?,19-,25?/m0/s1. The van der Waals surface area contributed by atoms with Gasteiger partial charge >= 0.3 is 0 Å². The second kappa shape index (κ2) is 6.19. The van der Waals surface area contributed by atoms with E-state index in [-0.39, 0.29) is 23.1 Å². The van der Waals surface area contributed by atoms with Crippen molar-refractivity contribution < 1.29 is 5.11 Å². The molecule has 2 saturated carbocycles. The molecule has 0 aliphatic heterocycles. The normalized spacial score (nSPS) is 26.4. The van der Waals surface area contributed by atoms with E-state index in [1.54, 1.807) is 6.20 Å². The number of nitrogen functional groups attached to an aromatic ring is 1. The van der Waals surface area contributed by atoms with E-state index in [4.69, 9.17) is 10.8 Å². The van der Waals surface area contributed by atoms with Crippen LogP contribution in [0.2, 0.25) is 0 Å². The van der Waals surface area contributed by atoms with Crippen LogP contribution < -0.4 is 11.3 Å². The van der Waals surface area contributed by atoms with Gasteiger partial charge in [0.25, 0.3) is 5.56 Å². The van der Waals surface area contributed by atoms with Gasteiger partial charge in [-0.15, -0.1) is 0 Å². The van der Waals surface area contributed by atoms with Crippen molar-refractivity contribution in [3.63, 3.8) is 0 Å². The van der Waals surface area contributed by atoms with E-state index in [9.17, 15) is 9.90 Å². The molecule has 2 aliphatic rings. The van der Waals surface area contributed by atoms with Crippen LogP contribution >= 0.6 is 0 Å². The Balaban J connectivity index is 1.52. The molecule has 7 heteroatoms. The second-order valence-corrected chi connectivity index (χ2v) is 10.5. The van der Waals surface area contributed by atoms with Crippen molar-refractivity contribution in [1.82, 2.24) is 19.3 Å². The Bertz CT molecular complexity index is 1450. The number of aromatic nitrogens is 4. The molecule has 4 aromatic rings. The summed E-state index contributed by atoms with van der Waals surface area (Å²) in [7, 11) is 0. The summed E-state index contributed by atoms with van der Waals surface area (Å²) >= 11 is 0. The Morgan fingerprint density at radius 2 is 1.88 bits per heavy atom. The highest BCUT2D eigenvalue weighted by Gasteiger charge is 2.47. The molecule has 0 unspecified atom stereocenters. The largest absolute Gasteiger partial charge is 0.390 e. The Morgan fingerprint density at radius 1 is 1.12 bits per heavy atom. The number of pyridine rings is 2. The first-order valence-corrected chi connectivity index (χ1v) is 11.1. The van der Waals surface area contributed by atoms with Gasteiger partial charge in [-0.25, -0.2) is 4.98 Å². The summed E-state index contributed by atoms with van der Waals surface area (Å²) in [4.78, 5) is 17.6. The van der Waals surface area contributed by atoms with Crippen molar-refractivity contribution in [3.05, 3.63) is 53.1 Å². The summed E-state index contributed by atoms with van der Waals surface area (Å²) in [5, 5.41) is 17.5. The lowest BCUT2D eigenvalue weighted by atomic mass is 9.77. The monoisotopic (exact) mass is 429 g/mol. The minimum absolute atomic E-state index is 0.0322. The van der Waals surface area contributed by atoms with Crippen LogP contribution in [0.15, 0.2) is 47.5 Å². The van der Waals surface area contributed by atoms with E-state index in [0.29, 0.717) is 24.0 Å². The molecule has 0 spiro atoms. The highest BCUT2D eigenvalue weighted by atomic mass is 16.3. The first kappa shape index (κ1) is 19.5. The summed E-state index contributed by atoms with van der Waals surface area (Å²) in [5.74, 6) is 0.417. The van der Waals surface area contributed by atoms with Crippen molar-refractivity contribution in [2.24, 2.45) is 5.41 Å². The number of rotatable bonds is 3. The van der Waals surface area contributed by atoms with Gasteiger partial charge in [-0.1, -0.05) is 26.0 Å². The average molecular weight is 430 g/mol. The maximum Gasteiger partial charge on any atom is 0.258 e. The third kappa shape index (κ3) is 2.80. The SMILES string of the molecule is CC1(O)CC(n2nc(-c3ccc4ccn([C@H]5CC5(C)C)c(=O)c4c3)c3c(N)nccc32)C1. The highest BCUT2D eigenvalue weighted by Crippen LogP contribution is 2.54. The fourth-order valence-corrected chi connectivity index (χ4v) is 5.28. The molecule has 7 nitrogen and oxygen atoms in total. The molecule has 3 heterocycles. The van der Waals surface area contributed by atoms with Crippen LogP contribution in [0.25, 0.3) is 32.9 Å². The van der Waals surface area contributed by atoms with Gasteiger partial charge in [-0.3, -0.25) is 9.48 Å². The Labute approximate surface area is 185 Å². The molecule has 3 aromatic heterocycles. The zero-order valence-corrected chi connectivity index (χ0v) is 18.5. The van der Waals surface area contributed by atoms with Crippen LogP contribution in [0.4, 0.5) is 5.82 Å². The average Bonchev–Trinajstić information content (AvgIpc) is 3.17. The van der Waals surface area contributed by atoms with E-state index in [1.807, 2.05) is 52.7 Å². The number of nitrogens with two attached hydrogens (primary N) is 1. The van der Waals surface area contributed by atoms with Gasteiger partial charge in [0.2, 0.25) is 0 Å². The predicted molar refractivity (Wildman–Crippen MR) is 125 cm³/mol. The Hall–Kier alpha value is -3.19. The minimum Gasteiger partial charge on any atom is -0.390 e. The van der Waals surface area contributed by atoms with Crippen molar-refractivity contribution in [2.75, 3.05) is 5.73 Å². The molecule has 32 heavy (non-hydrogen) atoms. The van der Waals surface area contributed by atoms with E-state index in [0.717, 1.165) is 34.0 Å². The molecule has 1 atom stereocenters. The number of fused-ring (bicyclic) bond motifs is 2. The van der Waals surface area contributed by atoms with Gasteiger partial charge in [0.15, 0.2) is 0 Å². The fourth-order valence-electron chi connectivity index (χ4n) is 5.28. The fraction of sp³-hybridized carbons (Fsp3) is 0.400. The lowest BCUT2D eigenvalue weighted by molar-refractivity contribution is -0.0529. The number of benzene rings is 1. The van der Waals surface area contributed by atoms with E-state index < -0.39 is 5.60 Å². The maximum atomic E-state index is 13.3. The first-order valence-electron chi connectivity index (χ1n) is 11.1. The first-order chi connectivity index (χ1) is 15.1. The zero-order valence-electron chi connectivity index (χ0n) is 18.5. The van der Waals surface area contributed by atoms with Gasteiger partial charge in [-0.2, -0.15) is 5.10 Å². The Morgan fingerprint density at radius 3 is 2.56 bits per heavy atom. The van der Waals surface area contributed by atoms with Crippen LogP contribution in [0.5, 0.6) is 0 Å². The number of hydrogen-bond acceptors (Lipinski definition) is 5. The summed E-state index contributed by atoms with van der Waals surface area (Å²) in [6, 6.07) is 10.2. The smallest absolute Gasteiger partial charge is 0.258 e. The molecule has 0 bridgehead atoms. The van der Waals surface area contributed by atoms with Gasteiger partial charge in [0.05, 0.1) is 22.5 Å². The lowest BCUT2D eigenvalue weighted by Crippen LogP contribution is -2.42. The van der Waals surface area contributed by atoms with Crippen molar-refractivity contribution in [2.45, 2.75) is 57.7 Å². The number of anilines is 1. The highest BCUT2D eigenvalue weighted by molar-refractivity contribution is 6.01. The second-order valence-electron chi connectivity index (χ2n) is 10.5. The number of aliphatic hydroxyl groups is 1. The molecule has 164 valence electrons. The molecule has 2 fully saturated rings. The summed E-state index contributed by atoms with van der Waals surface area (Å²) in [6.07, 6.45) is 5.90. The molecule has 6 rings (SSSR count). The lowest BCUT2D eigenvalue weighted by Gasteiger charge is -2.41. The van der Waals surface area contributed by atoms with Gasteiger partial charge < -0.3 is 15.4 Å². The van der Waals surface area contributed by atoms with Crippen molar-refractivity contribution in [1.29, 1.82) is 0 Å². The molecular formula is C25H27N5O2. The third-order valence-electron chi connectivity index (χ3n) is 7.35.